The standard InChI is InChI=1S/C15H14Cl2N2O/c1-15(14(18)20,19-11-5-3-2-4-6-11)12-9-10(16)7-8-13(12)17/h2-9,19H,1H3,(H2,18,20). The Kier molecular flexibility index (Phi) is 4.21. The molecule has 0 aromatic heterocycles. The summed E-state index contributed by atoms with van der Waals surface area (Å²) in [5, 5.41) is 4.04. The zero-order chi connectivity index (χ0) is 14.8. The fraction of sp³-hybridized carbons (Fsp3) is 0.133. The van der Waals surface area contributed by atoms with Crippen LogP contribution in [0.5, 0.6) is 0 Å². The molecule has 3 nitrogen and oxygen atoms in total. The van der Waals surface area contributed by atoms with Crippen LogP contribution in [0.15, 0.2) is 48.5 Å². The van der Waals surface area contributed by atoms with Crippen molar-refractivity contribution in [3.63, 3.8) is 0 Å². The van der Waals surface area contributed by atoms with Crippen molar-refractivity contribution in [3.8, 4) is 0 Å². The number of primary amides is 1. The Hall–Kier alpha value is -1.71. The first-order valence-electron chi connectivity index (χ1n) is 6.02. The highest BCUT2D eigenvalue weighted by Crippen LogP contribution is 2.33. The number of nitrogens with one attached hydrogen (secondary N) is 1. The van der Waals surface area contributed by atoms with Crippen LogP contribution in [-0.2, 0) is 10.3 Å². The third-order valence-electron chi connectivity index (χ3n) is 3.13. The average Bonchev–Trinajstić information content (AvgIpc) is 2.42. The van der Waals surface area contributed by atoms with Crippen LogP contribution in [0.4, 0.5) is 5.69 Å². The highest BCUT2D eigenvalue weighted by molar-refractivity contribution is 6.34. The van der Waals surface area contributed by atoms with Gasteiger partial charge in [-0.15, -0.1) is 0 Å². The zero-order valence-electron chi connectivity index (χ0n) is 10.9. The molecule has 0 aliphatic rings. The van der Waals surface area contributed by atoms with E-state index in [4.69, 9.17) is 28.9 Å². The van der Waals surface area contributed by atoms with Crippen molar-refractivity contribution in [2.75, 3.05) is 5.32 Å². The predicted molar refractivity (Wildman–Crippen MR) is 83.1 cm³/mol. The smallest absolute Gasteiger partial charge is 0.247 e. The van der Waals surface area contributed by atoms with E-state index in [0.717, 1.165) is 5.69 Å². The molecule has 1 atom stereocenters. The topological polar surface area (TPSA) is 55.1 Å². The second-order valence-electron chi connectivity index (χ2n) is 4.60. The highest BCUT2D eigenvalue weighted by atomic mass is 35.5. The maximum absolute atomic E-state index is 11.9. The molecule has 2 aromatic rings. The molecule has 0 fully saturated rings. The zero-order valence-corrected chi connectivity index (χ0v) is 12.4. The molecule has 3 N–H and O–H groups in total. The number of nitrogens with two attached hydrogens (primary N) is 1. The first-order chi connectivity index (χ1) is 9.43. The van der Waals surface area contributed by atoms with E-state index in [9.17, 15) is 4.79 Å². The summed E-state index contributed by atoms with van der Waals surface area (Å²) in [6.45, 7) is 1.68. The van der Waals surface area contributed by atoms with Crippen molar-refractivity contribution in [1.29, 1.82) is 0 Å². The fourth-order valence-corrected chi connectivity index (χ4v) is 2.43. The monoisotopic (exact) mass is 308 g/mol. The molecular formula is C15H14Cl2N2O. The minimum atomic E-state index is -1.15. The van der Waals surface area contributed by atoms with E-state index in [1.807, 2.05) is 30.3 Å². The van der Waals surface area contributed by atoms with Crippen LogP contribution in [-0.4, -0.2) is 5.91 Å². The lowest BCUT2D eigenvalue weighted by atomic mass is 9.90. The first-order valence-corrected chi connectivity index (χ1v) is 6.78. The lowest BCUT2D eigenvalue weighted by molar-refractivity contribution is -0.122. The molecule has 0 bridgehead atoms. The SMILES string of the molecule is CC(Nc1ccccc1)(C(N)=O)c1cc(Cl)ccc1Cl. The van der Waals surface area contributed by atoms with Crippen LogP contribution < -0.4 is 11.1 Å². The summed E-state index contributed by atoms with van der Waals surface area (Å²) >= 11 is 12.2. The normalized spacial score (nSPS) is 13.6. The largest absolute Gasteiger partial charge is 0.368 e. The van der Waals surface area contributed by atoms with Crippen molar-refractivity contribution in [2.45, 2.75) is 12.5 Å². The van der Waals surface area contributed by atoms with Gasteiger partial charge in [-0.1, -0.05) is 41.4 Å². The third kappa shape index (κ3) is 2.89. The van der Waals surface area contributed by atoms with E-state index in [0.29, 0.717) is 15.6 Å². The lowest BCUT2D eigenvalue weighted by Gasteiger charge is -2.30. The van der Waals surface area contributed by atoms with Gasteiger partial charge in [-0.25, -0.2) is 0 Å². The number of hydrogen-bond acceptors (Lipinski definition) is 2. The maximum atomic E-state index is 11.9. The number of anilines is 1. The molecule has 2 aromatic carbocycles. The van der Waals surface area contributed by atoms with Gasteiger partial charge in [-0.05, 0) is 37.3 Å². The highest BCUT2D eigenvalue weighted by Gasteiger charge is 2.35. The van der Waals surface area contributed by atoms with Crippen molar-refractivity contribution in [3.05, 3.63) is 64.1 Å². The number of para-hydroxylation sites is 1. The van der Waals surface area contributed by atoms with E-state index < -0.39 is 11.4 Å². The van der Waals surface area contributed by atoms with Crippen LogP contribution >= 0.6 is 23.2 Å². The fourth-order valence-electron chi connectivity index (χ4n) is 1.95. The summed E-state index contributed by atoms with van der Waals surface area (Å²) < 4.78 is 0. The summed E-state index contributed by atoms with van der Waals surface area (Å²) in [6.07, 6.45) is 0. The van der Waals surface area contributed by atoms with Gasteiger partial charge in [0, 0.05) is 21.3 Å². The number of carbonyl (C=O) groups is 1. The van der Waals surface area contributed by atoms with Crippen molar-refractivity contribution >= 4 is 34.8 Å². The van der Waals surface area contributed by atoms with E-state index in [2.05, 4.69) is 5.32 Å². The summed E-state index contributed by atoms with van der Waals surface area (Å²) in [7, 11) is 0. The molecule has 1 amide bonds. The number of rotatable bonds is 4. The molecule has 0 heterocycles. The molecule has 104 valence electrons. The number of halogens is 2. The Balaban J connectivity index is 2.49. The van der Waals surface area contributed by atoms with Gasteiger partial charge in [0.05, 0.1) is 0 Å². The molecule has 0 saturated heterocycles. The van der Waals surface area contributed by atoms with Gasteiger partial charge in [0.25, 0.3) is 0 Å². The average molecular weight is 309 g/mol. The molecule has 5 heteroatoms. The van der Waals surface area contributed by atoms with Gasteiger partial charge in [0.2, 0.25) is 5.91 Å². The van der Waals surface area contributed by atoms with Gasteiger partial charge in [-0.2, -0.15) is 0 Å². The molecular weight excluding hydrogens is 295 g/mol. The van der Waals surface area contributed by atoms with Crippen LogP contribution in [0.2, 0.25) is 10.0 Å². The Bertz CT molecular complexity index is 631. The van der Waals surface area contributed by atoms with Gasteiger partial charge in [0.15, 0.2) is 0 Å². The molecule has 0 aliphatic heterocycles. The maximum Gasteiger partial charge on any atom is 0.247 e. The Morgan fingerprint density at radius 2 is 1.80 bits per heavy atom. The Labute approximate surface area is 127 Å². The molecule has 0 radical (unpaired) electrons. The number of hydrogen-bond donors (Lipinski definition) is 2. The third-order valence-corrected chi connectivity index (χ3v) is 3.69. The molecule has 2 rings (SSSR count). The second kappa shape index (κ2) is 5.73. The van der Waals surface area contributed by atoms with Crippen molar-refractivity contribution in [2.24, 2.45) is 5.73 Å². The van der Waals surface area contributed by atoms with Gasteiger partial charge in [-0.3, -0.25) is 4.79 Å². The number of carbonyl (C=O) groups excluding carboxylic acids is 1. The van der Waals surface area contributed by atoms with E-state index in [1.54, 1.807) is 25.1 Å². The lowest BCUT2D eigenvalue weighted by Crippen LogP contribution is -2.45. The molecule has 0 spiro atoms. The van der Waals surface area contributed by atoms with Gasteiger partial charge in [0.1, 0.15) is 5.54 Å². The van der Waals surface area contributed by atoms with Crippen LogP contribution in [0.3, 0.4) is 0 Å². The van der Waals surface area contributed by atoms with Crippen LogP contribution in [0.25, 0.3) is 0 Å². The second-order valence-corrected chi connectivity index (χ2v) is 5.45. The summed E-state index contributed by atoms with van der Waals surface area (Å²) in [5.74, 6) is -0.537. The number of benzene rings is 2. The van der Waals surface area contributed by atoms with Gasteiger partial charge < -0.3 is 11.1 Å². The molecule has 0 saturated carbocycles. The Morgan fingerprint density at radius 1 is 1.15 bits per heavy atom. The summed E-state index contributed by atoms with van der Waals surface area (Å²) in [6, 6.07) is 14.3. The van der Waals surface area contributed by atoms with Crippen LogP contribution in [0, 0.1) is 0 Å². The quantitative estimate of drug-likeness (QED) is 0.902. The first kappa shape index (κ1) is 14.7. The van der Waals surface area contributed by atoms with E-state index >= 15 is 0 Å². The van der Waals surface area contributed by atoms with Crippen molar-refractivity contribution < 1.29 is 4.79 Å². The van der Waals surface area contributed by atoms with Crippen molar-refractivity contribution in [1.82, 2.24) is 0 Å². The predicted octanol–water partition coefficient (Wildman–Crippen LogP) is 3.81. The summed E-state index contributed by atoms with van der Waals surface area (Å²) in [5.41, 5.74) is 5.73. The molecule has 1 unspecified atom stereocenters. The summed E-state index contributed by atoms with van der Waals surface area (Å²) in [4.78, 5) is 11.9. The van der Waals surface area contributed by atoms with E-state index in [-0.39, 0.29) is 0 Å². The number of amides is 1. The minimum Gasteiger partial charge on any atom is -0.368 e. The van der Waals surface area contributed by atoms with E-state index in [1.165, 1.54) is 0 Å². The molecule has 20 heavy (non-hydrogen) atoms. The minimum absolute atomic E-state index is 0.430. The van der Waals surface area contributed by atoms with Crippen LogP contribution in [0.1, 0.15) is 12.5 Å². The molecule has 0 aliphatic carbocycles. The Morgan fingerprint density at radius 3 is 2.40 bits per heavy atom. The van der Waals surface area contributed by atoms with Gasteiger partial charge >= 0.3 is 0 Å².